The average Bonchev–Trinajstić information content (AvgIpc) is 3.19. The van der Waals surface area contributed by atoms with Gasteiger partial charge in [-0.15, -0.1) is 0 Å². The van der Waals surface area contributed by atoms with E-state index in [1.165, 1.54) is 22.3 Å². The first-order valence-electron chi connectivity index (χ1n) is 9.56. The second kappa shape index (κ2) is 6.16. The minimum atomic E-state index is -0.0355. The largest absolute Gasteiger partial charge is 0.508 e. The van der Waals surface area contributed by atoms with Crippen LogP contribution in [0.25, 0.3) is 11.6 Å². The lowest BCUT2D eigenvalue weighted by molar-refractivity contribution is 0.415. The summed E-state index contributed by atoms with van der Waals surface area (Å²) < 4.78 is 5.28. The van der Waals surface area contributed by atoms with Gasteiger partial charge in [-0.2, -0.15) is 0 Å². The number of phenols is 2. The fourth-order valence-electron chi connectivity index (χ4n) is 4.87. The Labute approximate surface area is 164 Å². The molecule has 1 atom stereocenters. The lowest BCUT2D eigenvalue weighted by Crippen LogP contribution is -2.20. The molecule has 28 heavy (non-hydrogen) atoms. The van der Waals surface area contributed by atoms with Gasteiger partial charge in [-0.25, -0.2) is 0 Å². The molecule has 0 heterocycles. The molecule has 2 aliphatic carbocycles. The molecule has 5 rings (SSSR count). The minimum absolute atomic E-state index is 0.0355. The third kappa shape index (κ3) is 2.66. The number of allylic oxidation sites excluding steroid dienone is 1. The second-order valence-corrected chi connectivity index (χ2v) is 7.94. The normalized spacial score (nSPS) is 21.1. The molecule has 1 spiro atoms. The van der Waals surface area contributed by atoms with Gasteiger partial charge in [0.25, 0.3) is 0 Å². The molecule has 2 aliphatic rings. The molecule has 3 heteroatoms. The van der Waals surface area contributed by atoms with Gasteiger partial charge in [0, 0.05) is 5.41 Å². The summed E-state index contributed by atoms with van der Waals surface area (Å²) in [6.07, 6.45) is 5.03. The summed E-state index contributed by atoms with van der Waals surface area (Å²) in [6.45, 7) is 0. The Morgan fingerprint density at radius 2 is 1.43 bits per heavy atom. The van der Waals surface area contributed by atoms with Gasteiger partial charge in [0.1, 0.15) is 17.2 Å². The first kappa shape index (κ1) is 16.9. The summed E-state index contributed by atoms with van der Waals surface area (Å²) in [6, 6.07) is 19.5. The standard InChI is InChI=1S/C25H22O3/c1-28-22-8-2-16(3-9-22)10-24-23-12-21(27)7-5-18(23)14-25(24)13-17-4-6-20(26)11-19(17)15-25/h2-12,26-27H,13-15H2,1H3/b24-10-. The van der Waals surface area contributed by atoms with Crippen molar-refractivity contribution in [2.24, 2.45) is 5.41 Å². The number of fused-ring (bicyclic) bond motifs is 2. The number of methoxy groups -OCH3 is 1. The van der Waals surface area contributed by atoms with Gasteiger partial charge < -0.3 is 14.9 Å². The van der Waals surface area contributed by atoms with Crippen molar-refractivity contribution in [3.05, 3.63) is 88.5 Å². The summed E-state index contributed by atoms with van der Waals surface area (Å²) in [5, 5.41) is 20.0. The molecule has 3 aromatic carbocycles. The Morgan fingerprint density at radius 3 is 2.18 bits per heavy atom. The average molecular weight is 370 g/mol. The molecular weight excluding hydrogens is 348 g/mol. The Hall–Kier alpha value is -3.20. The van der Waals surface area contributed by atoms with Crippen LogP contribution in [0.5, 0.6) is 17.2 Å². The zero-order chi connectivity index (χ0) is 19.3. The molecule has 3 nitrogen and oxygen atoms in total. The van der Waals surface area contributed by atoms with Crippen molar-refractivity contribution >= 4 is 11.6 Å². The number of rotatable bonds is 2. The quantitative estimate of drug-likeness (QED) is 0.668. The predicted molar refractivity (Wildman–Crippen MR) is 111 cm³/mol. The van der Waals surface area contributed by atoms with Crippen molar-refractivity contribution in [2.45, 2.75) is 19.3 Å². The monoisotopic (exact) mass is 370 g/mol. The van der Waals surface area contributed by atoms with Gasteiger partial charge in [0.15, 0.2) is 0 Å². The second-order valence-electron chi connectivity index (χ2n) is 7.94. The highest BCUT2D eigenvalue weighted by molar-refractivity contribution is 5.90. The molecule has 0 amide bonds. The highest BCUT2D eigenvalue weighted by atomic mass is 16.5. The van der Waals surface area contributed by atoms with Crippen LogP contribution in [0.1, 0.15) is 27.8 Å². The van der Waals surface area contributed by atoms with E-state index in [1.54, 1.807) is 19.2 Å². The maximum Gasteiger partial charge on any atom is 0.118 e. The molecule has 0 bridgehead atoms. The van der Waals surface area contributed by atoms with Crippen LogP contribution in [-0.4, -0.2) is 17.3 Å². The summed E-state index contributed by atoms with van der Waals surface area (Å²) in [5.74, 6) is 1.46. The van der Waals surface area contributed by atoms with Gasteiger partial charge in [0.05, 0.1) is 7.11 Å². The van der Waals surface area contributed by atoms with Crippen molar-refractivity contribution in [1.29, 1.82) is 0 Å². The van der Waals surface area contributed by atoms with Crippen LogP contribution >= 0.6 is 0 Å². The zero-order valence-electron chi connectivity index (χ0n) is 15.8. The lowest BCUT2D eigenvalue weighted by Gasteiger charge is -2.26. The number of aromatic hydroxyl groups is 2. The van der Waals surface area contributed by atoms with E-state index < -0.39 is 0 Å². The molecule has 0 fully saturated rings. The van der Waals surface area contributed by atoms with E-state index in [9.17, 15) is 10.2 Å². The third-order valence-corrected chi connectivity index (χ3v) is 6.16. The van der Waals surface area contributed by atoms with Crippen molar-refractivity contribution in [2.75, 3.05) is 7.11 Å². The lowest BCUT2D eigenvalue weighted by atomic mass is 9.77. The highest BCUT2D eigenvalue weighted by Gasteiger charge is 2.46. The number of ether oxygens (including phenoxy) is 1. The minimum Gasteiger partial charge on any atom is -0.508 e. The van der Waals surface area contributed by atoms with Crippen LogP contribution in [0, 0.1) is 5.41 Å². The maximum atomic E-state index is 10.1. The number of benzene rings is 3. The van der Waals surface area contributed by atoms with E-state index in [2.05, 4.69) is 18.2 Å². The molecule has 2 N–H and O–H groups in total. The first-order chi connectivity index (χ1) is 13.6. The maximum absolute atomic E-state index is 10.1. The van der Waals surface area contributed by atoms with Crippen molar-refractivity contribution in [3.63, 3.8) is 0 Å². The Bertz CT molecular complexity index is 1090. The van der Waals surface area contributed by atoms with E-state index in [4.69, 9.17) is 4.74 Å². The smallest absolute Gasteiger partial charge is 0.118 e. The summed E-state index contributed by atoms with van der Waals surface area (Å²) in [4.78, 5) is 0. The Morgan fingerprint density at radius 1 is 0.786 bits per heavy atom. The molecular formula is C25H22O3. The summed E-state index contributed by atoms with van der Waals surface area (Å²) >= 11 is 0. The summed E-state index contributed by atoms with van der Waals surface area (Å²) in [5.41, 5.74) is 7.27. The summed E-state index contributed by atoms with van der Waals surface area (Å²) in [7, 11) is 1.67. The molecule has 0 saturated heterocycles. The van der Waals surface area contributed by atoms with E-state index in [0.717, 1.165) is 36.1 Å². The highest BCUT2D eigenvalue weighted by Crippen LogP contribution is 2.55. The fourth-order valence-corrected chi connectivity index (χ4v) is 4.87. The van der Waals surface area contributed by atoms with Crippen molar-refractivity contribution in [3.8, 4) is 17.2 Å². The topological polar surface area (TPSA) is 49.7 Å². The Balaban J connectivity index is 1.64. The van der Waals surface area contributed by atoms with E-state index in [0.29, 0.717) is 11.5 Å². The molecule has 0 aromatic heterocycles. The zero-order valence-corrected chi connectivity index (χ0v) is 15.8. The fraction of sp³-hybridized carbons (Fsp3) is 0.200. The van der Waals surface area contributed by atoms with Crippen LogP contribution in [-0.2, 0) is 19.3 Å². The molecule has 1 unspecified atom stereocenters. The molecule has 0 aliphatic heterocycles. The Kier molecular flexibility index (Phi) is 3.73. The molecule has 0 radical (unpaired) electrons. The van der Waals surface area contributed by atoms with Crippen LogP contribution in [0.3, 0.4) is 0 Å². The van der Waals surface area contributed by atoms with E-state index >= 15 is 0 Å². The molecule has 3 aromatic rings. The van der Waals surface area contributed by atoms with Gasteiger partial charge in [-0.1, -0.05) is 30.3 Å². The van der Waals surface area contributed by atoms with Crippen molar-refractivity contribution in [1.82, 2.24) is 0 Å². The van der Waals surface area contributed by atoms with Gasteiger partial charge in [-0.05, 0) is 89.1 Å². The third-order valence-electron chi connectivity index (χ3n) is 6.16. The van der Waals surface area contributed by atoms with Crippen LogP contribution in [0.2, 0.25) is 0 Å². The SMILES string of the molecule is COc1ccc(/C=C2/c3cc(O)ccc3CC23Cc2ccc(O)cc2C3)cc1. The first-order valence-corrected chi connectivity index (χ1v) is 9.56. The van der Waals surface area contributed by atoms with Crippen LogP contribution in [0.4, 0.5) is 0 Å². The molecule has 0 saturated carbocycles. The van der Waals surface area contributed by atoms with Gasteiger partial charge in [-0.3, -0.25) is 0 Å². The van der Waals surface area contributed by atoms with Crippen LogP contribution in [0.15, 0.2) is 60.7 Å². The number of hydrogen-bond donors (Lipinski definition) is 2. The van der Waals surface area contributed by atoms with E-state index in [-0.39, 0.29) is 5.41 Å². The van der Waals surface area contributed by atoms with Crippen molar-refractivity contribution < 1.29 is 14.9 Å². The predicted octanol–water partition coefficient (Wildman–Crippen LogP) is 4.99. The number of hydrogen-bond acceptors (Lipinski definition) is 3. The van der Waals surface area contributed by atoms with Gasteiger partial charge in [0.2, 0.25) is 0 Å². The van der Waals surface area contributed by atoms with E-state index in [1.807, 2.05) is 36.4 Å². The van der Waals surface area contributed by atoms with Crippen LogP contribution < -0.4 is 4.74 Å². The molecule has 140 valence electrons. The van der Waals surface area contributed by atoms with Gasteiger partial charge >= 0.3 is 0 Å². The number of phenolic OH excluding ortho intramolecular Hbond substituents is 2.